The number of anilines is 1. The normalized spacial score (nSPS) is 10.4. The third-order valence-electron chi connectivity index (χ3n) is 3.15. The van der Waals surface area contributed by atoms with Crippen LogP contribution < -0.4 is 5.32 Å². The fraction of sp³-hybridized carbons (Fsp3) is 0.188. The van der Waals surface area contributed by atoms with Crippen LogP contribution in [0, 0.1) is 17.5 Å². The lowest BCUT2D eigenvalue weighted by Gasteiger charge is -2.18. The zero-order valence-corrected chi connectivity index (χ0v) is 11.9. The van der Waals surface area contributed by atoms with E-state index < -0.39 is 17.5 Å². The van der Waals surface area contributed by atoms with E-state index in [4.69, 9.17) is 0 Å². The molecule has 0 aliphatic carbocycles. The van der Waals surface area contributed by atoms with Crippen molar-refractivity contribution in [3.63, 3.8) is 0 Å². The van der Waals surface area contributed by atoms with Gasteiger partial charge in [-0.1, -0.05) is 30.3 Å². The smallest absolute Gasteiger partial charge is 0.241 e. The number of benzene rings is 2. The minimum absolute atomic E-state index is 0.217. The summed E-state index contributed by atoms with van der Waals surface area (Å²) in [5.74, 6) is -4.46. The summed E-state index contributed by atoms with van der Waals surface area (Å²) in [6.45, 7) is 0.187. The summed E-state index contributed by atoms with van der Waals surface area (Å²) in [4.78, 5) is 13.4. The highest BCUT2D eigenvalue weighted by atomic mass is 19.2. The third-order valence-corrected chi connectivity index (χ3v) is 3.15. The molecule has 116 valence electrons. The first kappa shape index (κ1) is 15.9. The van der Waals surface area contributed by atoms with Gasteiger partial charge in [0, 0.05) is 13.6 Å². The fourth-order valence-electron chi connectivity index (χ4n) is 1.91. The molecular weight excluding hydrogens is 293 g/mol. The topological polar surface area (TPSA) is 32.3 Å². The largest absolute Gasteiger partial charge is 0.374 e. The molecule has 0 heterocycles. The molecule has 0 aromatic heterocycles. The first-order valence-corrected chi connectivity index (χ1v) is 6.64. The Morgan fingerprint density at radius 3 is 2.41 bits per heavy atom. The quantitative estimate of drug-likeness (QED) is 0.861. The van der Waals surface area contributed by atoms with Crippen molar-refractivity contribution in [1.29, 1.82) is 0 Å². The summed E-state index contributed by atoms with van der Waals surface area (Å²) in [5, 5.41) is 2.47. The van der Waals surface area contributed by atoms with Crippen LogP contribution in [0.4, 0.5) is 18.9 Å². The lowest BCUT2D eigenvalue weighted by atomic mass is 10.2. The molecular formula is C16H15F3N2O. The Morgan fingerprint density at radius 2 is 1.73 bits per heavy atom. The van der Waals surface area contributed by atoms with Gasteiger partial charge >= 0.3 is 0 Å². The second-order valence-corrected chi connectivity index (χ2v) is 4.81. The standard InChI is InChI=1S/C16H15F3N2O/c1-21(10-11-5-3-2-4-6-11)14(22)9-20-13-8-7-12(17)15(18)16(13)19/h2-8,20H,9-10H2,1H3. The van der Waals surface area contributed by atoms with Crippen LogP contribution in [0.2, 0.25) is 0 Å². The molecule has 0 atom stereocenters. The second-order valence-electron chi connectivity index (χ2n) is 4.81. The van der Waals surface area contributed by atoms with Crippen LogP contribution in [0.15, 0.2) is 42.5 Å². The van der Waals surface area contributed by atoms with Gasteiger partial charge in [0.1, 0.15) is 0 Å². The first-order chi connectivity index (χ1) is 10.5. The minimum Gasteiger partial charge on any atom is -0.374 e. The Hall–Kier alpha value is -2.50. The SMILES string of the molecule is CN(Cc1ccccc1)C(=O)CNc1ccc(F)c(F)c1F. The number of hydrogen-bond donors (Lipinski definition) is 1. The predicted molar refractivity (Wildman–Crippen MR) is 77.7 cm³/mol. The molecule has 0 fully saturated rings. The van der Waals surface area contributed by atoms with Crippen molar-refractivity contribution in [3.05, 3.63) is 65.5 Å². The molecule has 22 heavy (non-hydrogen) atoms. The van der Waals surface area contributed by atoms with E-state index in [0.29, 0.717) is 6.54 Å². The molecule has 0 bridgehead atoms. The molecule has 0 saturated heterocycles. The Kier molecular flexibility index (Phi) is 5.04. The average Bonchev–Trinajstić information content (AvgIpc) is 2.52. The van der Waals surface area contributed by atoms with Crippen LogP contribution in [0.25, 0.3) is 0 Å². The van der Waals surface area contributed by atoms with Crippen molar-refractivity contribution >= 4 is 11.6 Å². The van der Waals surface area contributed by atoms with Gasteiger partial charge in [0.15, 0.2) is 17.5 Å². The monoisotopic (exact) mass is 308 g/mol. The zero-order chi connectivity index (χ0) is 16.1. The molecule has 0 saturated carbocycles. The van der Waals surface area contributed by atoms with E-state index in [1.807, 2.05) is 30.3 Å². The van der Waals surface area contributed by atoms with Gasteiger partial charge in [-0.25, -0.2) is 13.2 Å². The predicted octanol–water partition coefficient (Wildman–Crippen LogP) is 3.17. The maximum absolute atomic E-state index is 13.5. The average molecular weight is 308 g/mol. The number of nitrogens with one attached hydrogen (secondary N) is 1. The zero-order valence-electron chi connectivity index (χ0n) is 11.9. The van der Waals surface area contributed by atoms with Crippen molar-refractivity contribution in [3.8, 4) is 0 Å². The molecule has 2 aromatic rings. The van der Waals surface area contributed by atoms with Crippen LogP contribution >= 0.6 is 0 Å². The number of nitrogens with zero attached hydrogens (tertiary/aromatic N) is 1. The minimum atomic E-state index is -1.56. The van der Waals surface area contributed by atoms with Crippen LogP contribution in [0.3, 0.4) is 0 Å². The first-order valence-electron chi connectivity index (χ1n) is 6.64. The van der Waals surface area contributed by atoms with E-state index >= 15 is 0 Å². The van der Waals surface area contributed by atoms with Gasteiger partial charge in [-0.15, -0.1) is 0 Å². The van der Waals surface area contributed by atoms with Crippen molar-refractivity contribution in [1.82, 2.24) is 4.90 Å². The Labute approximate surface area is 126 Å². The van der Waals surface area contributed by atoms with Crippen molar-refractivity contribution in [2.75, 3.05) is 18.9 Å². The second kappa shape index (κ2) is 6.98. The molecule has 0 spiro atoms. The Bertz CT molecular complexity index is 662. The summed E-state index contributed by atoms with van der Waals surface area (Å²) in [7, 11) is 1.61. The number of carbonyl (C=O) groups excluding carboxylic acids is 1. The van der Waals surface area contributed by atoms with Gasteiger partial charge in [-0.05, 0) is 17.7 Å². The highest BCUT2D eigenvalue weighted by Gasteiger charge is 2.15. The summed E-state index contributed by atoms with van der Waals surface area (Å²) in [6.07, 6.45) is 0. The molecule has 1 amide bonds. The van der Waals surface area contributed by atoms with Crippen LogP contribution in [-0.4, -0.2) is 24.4 Å². The number of amides is 1. The van der Waals surface area contributed by atoms with Crippen LogP contribution in [-0.2, 0) is 11.3 Å². The summed E-state index contributed by atoms with van der Waals surface area (Å²) < 4.78 is 39.3. The highest BCUT2D eigenvalue weighted by Crippen LogP contribution is 2.19. The Morgan fingerprint density at radius 1 is 1.05 bits per heavy atom. The molecule has 0 radical (unpaired) electrons. The molecule has 1 N–H and O–H groups in total. The van der Waals surface area contributed by atoms with E-state index in [2.05, 4.69) is 5.32 Å². The van der Waals surface area contributed by atoms with E-state index in [1.165, 1.54) is 4.90 Å². The maximum Gasteiger partial charge on any atom is 0.241 e. The number of rotatable bonds is 5. The number of hydrogen-bond acceptors (Lipinski definition) is 2. The van der Waals surface area contributed by atoms with Crippen molar-refractivity contribution in [2.24, 2.45) is 0 Å². The highest BCUT2D eigenvalue weighted by molar-refractivity contribution is 5.80. The lowest BCUT2D eigenvalue weighted by Crippen LogP contribution is -2.32. The maximum atomic E-state index is 13.5. The van der Waals surface area contributed by atoms with Crippen LogP contribution in [0.5, 0.6) is 0 Å². The van der Waals surface area contributed by atoms with Crippen molar-refractivity contribution in [2.45, 2.75) is 6.54 Å². The van der Waals surface area contributed by atoms with Crippen molar-refractivity contribution < 1.29 is 18.0 Å². The molecule has 0 aliphatic heterocycles. The third kappa shape index (κ3) is 3.78. The Balaban J connectivity index is 1.94. The number of carbonyl (C=O) groups is 1. The lowest BCUT2D eigenvalue weighted by molar-refractivity contribution is -0.128. The fourth-order valence-corrected chi connectivity index (χ4v) is 1.91. The molecule has 0 unspecified atom stereocenters. The van der Waals surface area contributed by atoms with Gasteiger partial charge in [-0.2, -0.15) is 0 Å². The molecule has 2 rings (SSSR count). The number of halogens is 3. The van der Waals surface area contributed by atoms with E-state index in [-0.39, 0.29) is 18.1 Å². The van der Waals surface area contributed by atoms with Gasteiger partial charge < -0.3 is 10.2 Å². The van der Waals surface area contributed by atoms with Crippen LogP contribution in [0.1, 0.15) is 5.56 Å². The van der Waals surface area contributed by atoms with E-state index in [9.17, 15) is 18.0 Å². The molecule has 6 heteroatoms. The van der Waals surface area contributed by atoms with Gasteiger partial charge in [0.05, 0.1) is 12.2 Å². The number of likely N-dealkylation sites (N-methyl/N-ethyl adjacent to an activating group) is 1. The van der Waals surface area contributed by atoms with Gasteiger partial charge in [-0.3, -0.25) is 4.79 Å². The molecule has 0 aliphatic rings. The molecule has 2 aromatic carbocycles. The van der Waals surface area contributed by atoms with E-state index in [1.54, 1.807) is 7.05 Å². The van der Waals surface area contributed by atoms with E-state index in [0.717, 1.165) is 17.7 Å². The summed E-state index contributed by atoms with van der Waals surface area (Å²) in [6, 6.07) is 11.2. The van der Waals surface area contributed by atoms with Gasteiger partial charge in [0.25, 0.3) is 0 Å². The molecule has 3 nitrogen and oxygen atoms in total. The summed E-state index contributed by atoms with van der Waals surface area (Å²) >= 11 is 0. The van der Waals surface area contributed by atoms with Gasteiger partial charge in [0.2, 0.25) is 5.91 Å². The summed E-state index contributed by atoms with van der Waals surface area (Å²) in [5.41, 5.74) is 0.706.